The summed E-state index contributed by atoms with van der Waals surface area (Å²) in [6, 6.07) is 13.5. The number of aromatic amines is 1. The molecular formula is C14H10BrN3O. The Morgan fingerprint density at radius 2 is 1.95 bits per heavy atom. The van der Waals surface area contributed by atoms with E-state index in [0.717, 1.165) is 32.6 Å². The van der Waals surface area contributed by atoms with Crippen LogP contribution >= 0.6 is 15.9 Å². The van der Waals surface area contributed by atoms with E-state index in [4.69, 9.17) is 0 Å². The first-order valence-electron chi connectivity index (χ1n) is 5.72. The third-order valence-electron chi connectivity index (χ3n) is 2.83. The van der Waals surface area contributed by atoms with E-state index < -0.39 is 0 Å². The van der Waals surface area contributed by atoms with Crippen LogP contribution in [0.1, 0.15) is 0 Å². The Hall–Kier alpha value is -2.14. The molecule has 0 aliphatic heterocycles. The molecule has 0 fully saturated rings. The van der Waals surface area contributed by atoms with Gasteiger partial charge < -0.3 is 10.3 Å². The maximum Gasteiger partial charge on any atom is 0.211 e. The Balaban J connectivity index is 2.05. The van der Waals surface area contributed by atoms with Crippen molar-refractivity contribution < 1.29 is 4.79 Å². The number of aromatic nitrogens is 2. The Kier molecular flexibility index (Phi) is 3.05. The number of nitrogens with zero attached hydrogens (tertiary/aromatic N) is 1. The number of imidazole rings is 1. The molecule has 0 saturated heterocycles. The smallest absolute Gasteiger partial charge is 0.211 e. The van der Waals surface area contributed by atoms with E-state index in [1.54, 1.807) is 0 Å². The summed E-state index contributed by atoms with van der Waals surface area (Å²) in [4.78, 5) is 18.2. The van der Waals surface area contributed by atoms with Gasteiger partial charge in [-0.1, -0.05) is 28.1 Å². The number of hydrogen-bond acceptors (Lipinski definition) is 2. The number of hydrogen-bond donors (Lipinski definition) is 2. The van der Waals surface area contributed by atoms with E-state index in [9.17, 15) is 4.79 Å². The molecule has 2 aromatic carbocycles. The van der Waals surface area contributed by atoms with Crippen molar-refractivity contribution in [3.8, 4) is 11.4 Å². The first-order valence-corrected chi connectivity index (χ1v) is 6.51. The van der Waals surface area contributed by atoms with E-state index in [1.165, 1.54) is 0 Å². The van der Waals surface area contributed by atoms with E-state index in [1.807, 2.05) is 42.5 Å². The summed E-state index contributed by atoms with van der Waals surface area (Å²) < 4.78 is 1.03. The molecular weight excluding hydrogens is 306 g/mol. The van der Waals surface area contributed by atoms with Crippen molar-refractivity contribution in [1.82, 2.24) is 9.97 Å². The maximum atomic E-state index is 10.4. The highest BCUT2D eigenvalue weighted by Crippen LogP contribution is 2.23. The number of carbonyl (C=O) groups excluding carboxylic acids is 1. The predicted octanol–water partition coefficient (Wildman–Crippen LogP) is 3.56. The zero-order valence-corrected chi connectivity index (χ0v) is 11.4. The number of benzene rings is 2. The lowest BCUT2D eigenvalue weighted by atomic mass is 10.2. The zero-order chi connectivity index (χ0) is 13.2. The van der Waals surface area contributed by atoms with Crippen LogP contribution < -0.4 is 5.32 Å². The number of anilines is 1. The van der Waals surface area contributed by atoms with Crippen LogP contribution in [0.5, 0.6) is 0 Å². The first-order chi connectivity index (χ1) is 9.26. The van der Waals surface area contributed by atoms with Crippen LogP contribution in [0.15, 0.2) is 46.9 Å². The molecule has 0 bridgehead atoms. The zero-order valence-electron chi connectivity index (χ0n) is 9.85. The summed E-state index contributed by atoms with van der Waals surface area (Å²) in [7, 11) is 0. The van der Waals surface area contributed by atoms with E-state index >= 15 is 0 Å². The topological polar surface area (TPSA) is 57.8 Å². The molecule has 3 rings (SSSR count). The van der Waals surface area contributed by atoms with E-state index in [2.05, 4.69) is 31.2 Å². The van der Waals surface area contributed by atoms with E-state index in [-0.39, 0.29) is 0 Å². The van der Waals surface area contributed by atoms with Crippen molar-refractivity contribution in [3.63, 3.8) is 0 Å². The summed E-state index contributed by atoms with van der Waals surface area (Å²) >= 11 is 3.41. The number of halogens is 1. The number of H-pyrrole nitrogens is 1. The Morgan fingerprint density at radius 1 is 1.16 bits per heavy atom. The molecule has 1 amide bonds. The first kappa shape index (κ1) is 11.9. The average molecular weight is 316 g/mol. The predicted molar refractivity (Wildman–Crippen MR) is 78.9 cm³/mol. The average Bonchev–Trinajstić information content (AvgIpc) is 2.83. The fraction of sp³-hybridized carbons (Fsp3) is 0. The second-order valence-corrected chi connectivity index (χ2v) is 5.00. The summed E-state index contributed by atoms with van der Waals surface area (Å²) in [6.45, 7) is 0. The van der Waals surface area contributed by atoms with Crippen LogP contribution in [0.3, 0.4) is 0 Å². The van der Waals surface area contributed by atoms with Gasteiger partial charge in [-0.15, -0.1) is 0 Å². The number of rotatable bonds is 3. The van der Waals surface area contributed by atoms with Crippen LogP contribution in [0, 0.1) is 0 Å². The summed E-state index contributed by atoms with van der Waals surface area (Å²) in [5.41, 5.74) is 3.52. The minimum Gasteiger partial charge on any atom is -0.338 e. The van der Waals surface area contributed by atoms with Gasteiger partial charge in [0.25, 0.3) is 0 Å². The lowest BCUT2D eigenvalue weighted by Crippen LogP contribution is -1.92. The molecule has 0 atom stereocenters. The van der Waals surface area contributed by atoms with Crippen molar-refractivity contribution in [2.75, 3.05) is 5.32 Å². The molecule has 1 heterocycles. The lowest BCUT2D eigenvalue weighted by Gasteiger charge is -1.96. The monoisotopic (exact) mass is 315 g/mol. The number of nitrogens with one attached hydrogen (secondary N) is 2. The van der Waals surface area contributed by atoms with Gasteiger partial charge in [-0.3, -0.25) is 4.79 Å². The van der Waals surface area contributed by atoms with Crippen LogP contribution in [0.4, 0.5) is 5.69 Å². The van der Waals surface area contributed by atoms with Crippen molar-refractivity contribution in [2.45, 2.75) is 0 Å². The largest absolute Gasteiger partial charge is 0.338 e. The molecule has 0 radical (unpaired) electrons. The molecule has 3 aromatic rings. The third-order valence-corrected chi connectivity index (χ3v) is 3.35. The quantitative estimate of drug-likeness (QED) is 0.726. The fourth-order valence-electron chi connectivity index (χ4n) is 1.91. The minimum absolute atomic E-state index is 0.660. The molecule has 5 heteroatoms. The highest BCUT2D eigenvalue weighted by atomic mass is 79.9. The van der Waals surface area contributed by atoms with Gasteiger partial charge in [0.2, 0.25) is 6.41 Å². The second-order valence-electron chi connectivity index (χ2n) is 4.09. The third kappa shape index (κ3) is 2.37. The SMILES string of the molecule is O=CNc1ccc2nc(-c3ccc(Br)cc3)[nH]c2c1. The molecule has 0 saturated carbocycles. The highest BCUT2D eigenvalue weighted by Gasteiger charge is 2.05. The standard InChI is InChI=1S/C14H10BrN3O/c15-10-3-1-9(2-4-10)14-17-12-6-5-11(16-8-19)7-13(12)18-14/h1-8H,(H,16,19)(H,17,18). The van der Waals surface area contributed by atoms with Crippen LogP contribution in [-0.4, -0.2) is 16.4 Å². The molecule has 0 aliphatic carbocycles. The summed E-state index contributed by atoms with van der Waals surface area (Å²) in [6.07, 6.45) is 0.660. The molecule has 19 heavy (non-hydrogen) atoms. The Labute approximate surface area is 118 Å². The van der Waals surface area contributed by atoms with Gasteiger partial charge in [0, 0.05) is 15.7 Å². The number of fused-ring (bicyclic) bond motifs is 1. The van der Waals surface area contributed by atoms with Crippen LogP contribution in [-0.2, 0) is 4.79 Å². The molecule has 0 aliphatic rings. The van der Waals surface area contributed by atoms with Crippen LogP contribution in [0.2, 0.25) is 0 Å². The van der Waals surface area contributed by atoms with Gasteiger partial charge in [-0.05, 0) is 30.3 Å². The Bertz CT molecular complexity index is 734. The van der Waals surface area contributed by atoms with Crippen LogP contribution in [0.25, 0.3) is 22.4 Å². The van der Waals surface area contributed by atoms with Crippen molar-refractivity contribution in [3.05, 3.63) is 46.9 Å². The molecule has 0 spiro atoms. The van der Waals surface area contributed by atoms with Gasteiger partial charge in [-0.2, -0.15) is 0 Å². The highest BCUT2D eigenvalue weighted by molar-refractivity contribution is 9.10. The van der Waals surface area contributed by atoms with Gasteiger partial charge >= 0.3 is 0 Å². The number of amides is 1. The molecule has 94 valence electrons. The Morgan fingerprint density at radius 3 is 2.68 bits per heavy atom. The van der Waals surface area contributed by atoms with E-state index in [0.29, 0.717) is 6.41 Å². The lowest BCUT2D eigenvalue weighted by molar-refractivity contribution is -0.105. The summed E-state index contributed by atoms with van der Waals surface area (Å²) in [5.74, 6) is 0.811. The molecule has 1 aromatic heterocycles. The van der Waals surface area contributed by atoms with Gasteiger partial charge in [0.05, 0.1) is 11.0 Å². The minimum atomic E-state index is 0.660. The van der Waals surface area contributed by atoms with Gasteiger partial charge in [0.15, 0.2) is 0 Å². The van der Waals surface area contributed by atoms with Gasteiger partial charge in [0.1, 0.15) is 5.82 Å². The summed E-state index contributed by atoms with van der Waals surface area (Å²) in [5, 5.41) is 2.62. The van der Waals surface area contributed by atoms with Crippen molar-refractivity contribution in [1.29, 1.82) is 0 Å². The normalized spacial score (nSPS) is 10.6. The molecule has 0 unspecified atom stereocenters. The fourth-order valence-corrected chi connectivity index (χ4v) is 2.18. The molecule has 4 nitrogen and oxygen atoms in total. The van der Waals surface area contributed by atoms with Crippen molar-refractivity contribution >= 4 is 39.1 Å². The van der Waals surface area contributed by atoms with Gasteiger partial charge in [-0.25, -0.2) is 4.98 Å². The molecule has 2 N–H and O–H groups in total. The second kappa shape index (κ2) is 4.85. The number of carbonyl (C=O) groups is 1. The van der Waals surface area contributed by atoms with Crippen molar-refractivity contribution in [2.24, 2.45) is 0 Å². The maximum absolute atomic E-state index is 10.4.